The van der Waals surface area contributed by atoms with Crippen LogP contribution in [-0.4, -0.2) is 13.4 Å². The first-order valence-electron chi connectivity index (χ1n) is 5.86. The highest BCUT2D eigenvalue weighted by Crippen LogP contribution is 2.23. The van der Waals surface area contributed by atoms with Gasteiger partial charge in [-0.15, -0.1) is 0 Å². The largest absolute Gasteiger partial charge is 0.444 e. The maximum Gasteiger partial charge on any atom is 0.238 e. The lowest BCUT2D eigenvalue weighted by atomic mass is 10.2. The van der Waals surface area contributed by atoms with Crippen molar-refractivity contribution in [3.05, 3.63) is 35.5 Å². The molecule has 1 aromatic carbocycles. The standard InChI is InChI=1S/C12H16N4O3S/c1-7-8(2)19-12(16-7)6-15-11-5-9(20(14,17)18)3-4-10(11)13/h3-5,15H,6,13H2,1-2H3,(H2,14,17,18). The molecule has 0 saturated heterocycles. The van der Waals surface area contributed by atoms with Crippen LogP contribution in [0.1, 0.15) is 17.3 Å². The van der Waals surface area contributed by atoms with E-state index in [-0.39, 0.29) is 4.90 Å². The number of aryl methyl sites for hydroxylation is 2. The van der Waals surface area contributed by atoms with Crippen LogP contribution >= 0.6 is 0 Å². The molecule has 2 aromatic rings. The minimum absolute atomic E-state index is 0.00559. The summed E-state index contributed by atoms with van der Waals surface area (Å²) in [6, 6.07) is 4.22. The number of aromatic nitrogens is 1. The first-order chi connectivity index (χ1) is 9.27. The van der Waals surface area contributed by atoms with E-state index < -0.39 is 10.0 Å². The Morgan fingerprint density at radius 1 is 1.35 bits per heavy atom. The molecule has 1 aromatic heterocycles. The van der Waals surface area contributed by atoms with Crippen LogP contribution in [-0.2, 0) is 16.6 Å². The van der Waals surface area contributed by atoms with Crippen LogP contribution in [0.5, 0.6) is 0 Å². The molecule has 2 rings (SSSR count). The summed E-state index contributed by atoms with van der Waals surface area (Å²) in [6.45, 7) is 3.97. The number of nitrogens with one attached hydrogen (secondary N) is 1. The molecule has 0 atom stereocenters. The number of sulfonamides is 1. The van der Waals surface area contributed by atoms with Crippen LogP contribution in [0.3, 0.4) is 0 Å². The van der Waals surface area contributed by atoms with Gasteiger partial charge in [0, 0.05) is 0 Å². The van der Waals surface area contributed by atoms with Gasteiger partial charge in [-0.25, -0.2) is 18.5 Å². The lowest BCUT2D eigenvalue weighted by Crippen LogP contribution is -2.13. The second-order valence-electron chi connectivity index (χ2n) is 4.40. The summed E-state index contributed by atoms with van der Waals surface area (Å²) in [7, 11) is -3.76. The van der Waals surface area contributed by atoms with Crippen molar-refractivity contribution in [3.8, 4) is 0 Å². The van der Waals surface area contributed by atoms with E-state index in [2.05, 4.69) is 10.3 Å². The molecule has 7 nitrogen and oxygen atoms in total. The normalized spacial score (nSPS) is 11.6. The third kappa shape index (κ3) is 3.09. The van der Waals surface area contributed by atoms with Gasteiger partial charge in [-0.2, -0.15) is 0 Å². The summed E-state index contributed by atoms with van der Waals surface area (Å²) in [4.78, 5) is 4.21. The van der Waals surface area contributed by atoms with Gasteiger partial charge < -0.3 is 15.5 Å². The zero-order chi connectivity index (χ0) is 14.9. The van der Waals surface area contributed by atoms with Crippen LogP contribution in [0.4, 0.5) is 11.4 Å². The molecule has 0 amide bonds. The van der Waals surface area contributed by atoms with Gasteiger partial charge in [-0.3, -0.25) is 0 Å². The van der Waals surface area contributed by atoms with E-state index in [1.807, 2.05) is 13.8 Å². The number of nitrogen functional groups attached to an aromatic ring is 1. The van der Waals surface area contributed by atoms with Crippen molar-refractivity contribution >= 4 is 21.4 Å². The lowest BCUT2D eigenvalue weighted by molar-refractivity contribution is 0.478. The Hall–Kier alpha value is -2.06. The van der Waals surface area contributed by atoms with E-state index in [1.54, 1.807) is 0 Å². The van der Waals surface area contributed by atoms with Gasteiger partial charge in [-0.05, 0) is 32.0 Å². The second kappa shape index (κ2) is 5.14. The molecule has 8 heteroatoms. The molecule has 20 heavy (non-hydrogen) atoms. The Morgan fingerprint density at radius 2 is 2.05 bits per heavy atom. The smallest absolute Gasteiger partial charge is 0.238 e. The molecule has 0 aliphatic rings. The van der Waals surface area contributed by atoms with E-state index in [9.17, 15) is 8.42 Å². The summed E-state index contributed by atoms with van der Waals surface area (Å²) >= 11 is 0. The fourth-order valence-corrected chi connectivity index (χ4v) is 2.19. The van der Waals surface area contributed by atoms with Crippen molar-refractivity contribution < 1.29 is 12.8 Å². The topological polar surface area (TPSA) is 124 Å². The molecule has 108 valence electrons. The maximum atomic E-state index is 11.3. The Bertz CT molecular complexity index is 718. The van der Waals surface area contributed by atoms with E-state index in [0.717, 1.165) is 11.5 Å². The molecule has 0 radical (unpaired) electrons. The highest BCUT2D eigenvalue weighted by Gasteiger charge is 2.11. The van der Waals surface area contributed by atoms with Crippen molar-refractivity contribution in [2.75, 3.05) is 11.1 Å². The maximum absolute atomic E-state index is 11.3. The molecular weight excluding hydrogens is 280 g/mol. The molecule has 5 N–H and O–H groups in total. The van der Waals surface area contributed by atoms with Gasteiger partial charge in [0.25, 0.3) is 0 Å². The molecule has 0 aliphatic heterocycles. The van der Waals surface area contributed by atoms with Gasteiger partial charge in [0.05, 0.1) is 28.5 Å². The van der Waals surface area contributed by atoms with Crippen molar-refractivity contribution in [2.24, 2.45) is 5.14 Å². The Balaban J connectivity index is 2.21. The first kappa shape index (κ1) is 14.4. The minimum Gasteiger partial charge on any atom is -0.444 e. The quantitative estimate of drug-likeness (QED) is 0.726. The van der Waals surface area contributed by atoms with Crippen molar-refractivity contribution in [2.45, 2.75) is 25.3 Å². The zero-order valence-electron chi connectivity index (χ0n) is 11.2. The molecule has 0 spiro atoms. The number of nitrogens with two attached hydrogens (primary N) is 2. The van der Waals surface area contributed by atoms with Crippen molar-refractivity contribution in [1.82, 2.24) is 4.98 Å². The van der Waals surface area contributed by atoms with Crippen LogP contribution in [0.25, 0.3) is 0 Å². The summed E-state index contributed by atoms with van der Waals surface area (Å²) in [6.07, 6.45) is 0. The van der Waals surface area contributed by atoms with E-state index in [4.69, 9.17) is 15.3 Å². The summed E-state index contributed by atoms with van der Waals surface area (Å²) in [5.74, 6) is 1.24. The molecule has 0 fully saturated rings. The van der Waals surface area contributed by atoms with Gasteiger partial charge in [0.2, 0.25) is 15.9 Å². The highest BCUT2D eigenvalue weighted by molar-refractivity contribution is 7.89. The van der Waals surface area contributed by atoms with E-state index >= 15 is 0 Å². The molecular formula is C12H16N4O3S. The molecule has 0 saturated carbocycles. The summed E-state index contributed by atoms with van der Waals surface area (Å²) in [5, 5.41) is 8.06. The number of anilines is 2. The number of rotatable bonds is 4. The number of benzene rings is 1. The van der Waals surface area contributed by atoms with Crippen molar-refractivity contribution in [1.29, 1.82) is 0 Å². The van der Waals surface area contributed by atoms with Gasteiger partial charge >= 0.3 is 0 Å². The first-order valence-corrected chi connectivity index (χ1v) is 7.41. The average molecular weight is 296 g/mol. The third-order valence-electron chi connectivity index (χ3n) is 2.86. The van der Waals surface area contributed by atoms with Gasteiger partial charge in [-0.1, -0.05) is 0 Å². The number of nitrogens with zero attached hydrogens (tertiary/aromatic N) is 1. The highest BCUT2D eigenvalue weighted by atomic mass is 32.2. The number of primary sulfonamides is 1. The van der Waals surface area contributed by atoms with Crippen LogP contribution in [0.15, 0.2) is 27.5 Å². The zero-order valence-corrected chi connectivity index (χ0v) is 12.0. The average Bonchev–Trinajstić information content (AvgIpc) is 2.66. The number of oxazole rings is 1. The van der Waals surface area contributed by atoms with Gasteiger partial charge in [0.15, 0.2) is 0 Å². The predicted molar refractivity (Wildman–Crippen MR) is 75.5 cm³/mol. The number of hydrogen-bond acceptors (Lipinski definition) is 6. The fraction of sp³-hybridized carbons (Fsp3) is 0.250. The number of hydrogen-bond donors (Lipinski definition) is 3. The SMILES string of the molecule is Cc1nc(CNc2cc(S(N)(=O)=O)ccc2N)oc1C. The summed E-state index contributed by atoms with van der Waals surface area (Å²) in [5.41, 5.74) is 7.47. The van der Waals surface area contributed by atoms with E-state index in [1.165, 1.54) is 18.2 Å². The van der Waals surface area contributed by atoms with Crippen LogP contribution in [0.2, 0.25) is 0 Å². The lowest BCUT2D eigenvalue weighted by Gasteiger charge is -2.09. The molecule has 1 heterocycles. The Kier molecular flexibility index (Phi) is 3.69. The van der Waals surface area contributed by atoms with Crippen LogP contribution < -0.4 is 16.2 Å². The van der Waals surface area contributed by atoms with Gasteiger partial charge in [0.1, 0.15) is 5.76 Å². The summed E-state index contributed by atoms with van der Waals surface area (Å²) < 4.78 is 28.0. The minimum atomic E-state index is -3.76. The second-order valence-corrected chi connectivity index (χ2v) is 5.96. The van der Waals surface area contributed by atoms with E-state index in [0.29, 0.717) is 23.8 Å². The molecule has 0 aliphatic carbocycles. The monoisotopic (exact) mass is 296 g/mol. The molecule has 0 unspecified atom stereocenters. The molecule has 0 bridgehead atoms. The third-order valence-corrected chi connectivity index (χ3v) is 3.77. The van der Waals surface area contributed by atoms with Crippen LogP contribution in [0, 0.1) is 13.8 Å². The fourth-order valence-electron chi connectivity index (χ4n) is 1.65. The van der Waals surface area contributed by atoms with Crippen molar-refractivity contribution in [3.63, 3.8) is 0 Å². The Morgan fingerprint density at radius 3 is 2.60 bits per heavy atom. The Labute approximate surface area is 117 Å². The predicted octanol–water partition coefficient (Wildman–Crippen LogP) is 1.13.